The molecule has 3 nitrogen and oxygen atoms in total. The van der Waals surface area contributed by atoms with E-state index in [0.29, 0.717) is 5.92 Å². The molecule has 2 fully saturated rings. The van der Waals surface area contributed by atoms with E-state index in [4.69, 9.17) is 9.47 Å². The predicted molar refractivity (Wildman–Crippen MR) is 95.5 cm³/mol. The molecule has 2 aliphatic rings. The Balaban J connectivity index is 1.63. The quantitative estimate of drug-likeness (QED) is 0.924. The maximum absolute atomic E-state index is 6.50. The van der Waals surface area contributed by atoms with Gasteiger partial charge in [0.25, 0.3) is 0 Å². The van der Waals surface area contributed by atoms with Crippen molar-refractivity contribution < 1.29 is 9.47 Å². The Hall–Kier alpha value is -1.84. The van der Waals surface area contributed by atoms with Crippen LogP contribution in [0.3, 0.4) is 0 Å². The molecule has 4 rings (SSSR count). The number of hydrogen-bond acceptors (Lipinski definition) is 3. The first-order chi connectivity index (χ1) is 11.8. The van der Waals surface area contributed by atoms with Crippen molar-refractivity contribution in [3.8, 4) is 5.75 Å². The Morgan fingerprint density at radius 3 is 2.71 bits per heavy atom. The molecule has 2 heterocycles. The van der Waals surface area contributed by atoms with Gasteiger partial charge in [-0.1, -0.05) is 48.5 Å². The molecular weight excluding hydrogens is 298 g/mol. The van der Waals surface area contributed by atoms with Gasteiger partial charge in [-0.2, -0.15) is 0 Å². The summed E-state index contributed by atoms with van der Waals surface area (Å²) in [5, 5.41) is 3.71. The maximum Gasteiger partial charge on any atom is 0.122 e. The summed E-state index contributed by atoms with van der Waals surface area (Å²) < 4.78 is 12.1. The van der Waals surface area contributed by atoms with Gasteiger partial charge in [-0.15, -0.1) is 0 Å². The molecule has 2 aromatic rings. The molecule has 0 saturated carbocycles. The fraction of sp³-hybridized carbons (Fsp3) is 0.429. The van der Waals surface area contributed by atoms with Gasteiger partial charge in [0.15, 0.2) is 0 Å². The summed E-state index contributed by atoms with van der Waals surface area (Å²) in [4.78, 5) is 0. The summed E-state index contributed by atoms with van der Waals surface area (Å²) in [6, 6.07) is 19.4. The smallest absolute Gasteiger partial charge is 0.122 e. The molecule has 3 atom stereocenters. The van der Waals surface area contributed by atoms with Crippen molar-refractivity contribution in [2.45, 2.75) is 36.8 Å². The van der Waals surface area contributed by atoms with Crippen LogP contribution in [0.15, 0.2) is 54.6 Å². The molecule has 0 aromatic heterocycles. The van der Waals surface area contributed by atoms with E-state index in [-0.39, 0.29) is 11.6 Å². The summed E-state index contributed by atoms with van der Waals surface area (Å²) in [6.45, 7) is 1.83. The lowest BCUT2D eigenvalue weighted by Gasteiger charge is -2.41. The second-order valence-electron chi connectivity index (χ2n) is 6.92. The number of nitrogens with one attached hydrogen (secondary N) is 1. The lowest BCUT2D eigenvalue weighted by Crippen LogP contribution is -2.48. The van der Waals surface area contributed by atoms with E-state index in [0.717, 1.165) is 31.7 Å². The van der Waals surface area contributed by atoms with Crippen molar-refractivity contribution >= 4 is 0 Å². The molecule has 0 radical (unpaired) electrons. The topological polar surface area (TPSA) is 30.5 Å². The third-order valence-electron chi connectivity index (χ3n) is 5.53. The molecule has 0 amide bonds. The lowest BCUT2D eigenvalue weighted by molar-refractivity contribution is -0.0484. The zero-order chi connectivity index (χ0) is 16.4. The van der Waals surface area contributed by atoms with Crippen molar-refractivity contribution in [3.05, 3.63) is 65.7 Å². The Labute approximate surface area is 144 Å². The first-order valence-electron chi connectivity index (χ1n) is 8.88. The standard InChI is InChI=1S/C21H25NO2/c1-23-19-11-6-5-10-18(19)17-14-21(24-15-17)12-7-13-22-20(21)16-8-3-2-4-9-16/h2-6,8-11,17,20,22H,7,12-15H2,1H3/t17-,20-,21+/m0/s1. The van der Waals surface area contributed by atoms with Crippen LogP contribution in [-0.4, -0.2) is 25.9 Å². The summed E-state index contributed by atoms with van der Waals surface area (Å²) in [5.41, 5.74) is 2.50. The highest BCUT2D eigenvalue weighted by Gasteiger charge is 2.48. The molecule has 126 valence electrons. The maximum atomic E-state index is 6.50. The van der Waals surface area contributed by atoms with E-state index in [2.05, 4.69) is 47.8 Å². The highest BCUT2D eigenvalue weighted by atomic mass is 16.5. The highest BCUT2D eigenvalue weighted by molar-refractivity contribution is 5.38. The van der Waals surface area contributed by atoms with Crippen LogP contribution in [0.25, 0.3) is 0 Å². The van der Waals surface area contributed by atoms with Crippen LogP contribution in [-0.2, 0) is 4.74 Å². The fourth-order valence-corrected chi connectivity index (χ4v) is 4.41. The fourth-order valence-electron chi connectivity index (χ4n) is 4.41. The summed E-state index contributed by atoms with van der Waals surface area (Å²) in [6.07, 6.45) is 3.33. The van der Waals surface area contributed by atoms with Crippen LogP contribution in [0.5, 0.6) is 5.75 Å². The van der Waals surface area contributed by atoms with Gasteiger partial charge in [-0.05, 0) is 43.0 Å². The molecule has 24 heavy (non-hydrogen) atoms. The molecule has 0 aliphatic carbocycles. The van der Waals surface area contributed by atoms with Gasteiger partial charge >= 0.3 is 0 Å². The van der Waals surface area contributed by atoms with Crippen molar-refractivity contribution in [2.75, 3.05) is 20.3 Å². The van der Waals surface area contributed by atoms with Crippen LogP contribution in [0.2, 0.25) is 0 Å². The van der Waals surface area contributed by atoms with Crippen LogP contribution in [0.1, 0.15) is 42.3 Å². The zero-order valence-electron chi connectivity index (χ0n) is 14.2. The number of para-hydroxylation sites is 1. The van der Waals surface area contributed by atoms with E-state index in [1.54, 1.807) is 7.11 Å². The molecule has 0 unspecified atom stereocenters. The van der Waals surface area contributed by atoms with Gasteiger partial charge in [0.2, 0.25) is 0 Å². The van der Waals surface area contributed by atoms with Gasteiger partial charge in [0.1, 0.15) is 5.75 Å². The SMILES string of the molecule is COc1ccccc1[C@@H]1CO[C@]2(CCCN[C@H]2c2ccccc2)C1. The number of ether oxygens (including phenoxy) is 2. The Morgan fingerprint density at radius 2 is 1.88 bits per heavy atom. The molecule has 0 bridgehead atoms. The summed E-state index contributed by atoms with van der Waals surface area (Å²) >= 11 is 0. The van der Waals surface area contributed by atoms with Crippen molar-refractivity contribution in [1.29, 1.82) is 0 Å². The van der Waals surface area contributed by atoms with Gasteiger partial charge in [-0.25, -0.2) is 0 Å². The number of hydrogen-bond donors (Lipinski definition) is 1. The van der Waals surface area contributed by atoms with Gasteiger partial charge in [0.05, 0.1) is 25.4 Å². The molecule has 2 aromatic carbocycles. The second-order valence-corrected chi connectivity index (χ2v) is 6.92. The molecule has 2 aliphatic heterocycles. The van der Waals surface area contributed by atoms with Crippen molar-refractivity contribution in [3.63, 3.8) is 0 Å². The van der Waals surface area contributed by atoms with E-state index < -0.39 is 0 Å². The van der Waals surface area contributed by atoms with E-state index in [9.17, 15) is 0 Å². The minimum Gasteiger partial charge on any atom is -0.496 e. The first-order valence-corrected chi connectivity index (χ1v) is 8.88. The zero-order valence-corrected chi connectivity index (χ0v) is 14.2. The monoisotopic (exact) mass is 323 g/mol. The molecule has 1 spiro atoms. The normalized spacial score (nSPS) is 29.7. The van der Waals surface area contributed by atoms with Crippen LogP contribution in [0.4, 0.5) is 0 Å². The van der Waals surface area contributed by atoms with Gasteiger partial charge < -0.3 is 14.8 Å². The van der Waals surface area contributed by atoms with Crippen molar-refractivity contribution in [2.24, 2.45) is 0 Å². The number of rotatable bonds is 3. The van der Waals surface area contributed by atoms with E-state index in [1.807, 2.05) is 12.1 Å². The third kappa shape index (κ3) is 2.72. The minimum atomic E-state index is -0.106. The second kappa shape index (κ2) is 6.58. The molecule has 2 saturated heterocycles. The van der Waals surface area contributed by atoms with Gasteiger partial charge in [0, 0.05) is 5.92 Å². The molecule has 3 heteroatoms. The highest BCUT2D eigenvalue weighted by Crippen LogP contribution is 2.49. The Bertz CT molecular complexity index is 687. The molecule has 1 N–H and O–H groups in total. The van der Waals surface area contributed by atoms with Gasteiger partial charge in [-0.3, -0.25) is 0 Å². The van der Waals surface area contributed by atoms with Crippen LogP contribution >= 0.6 is 0 Å². The minimum absolute atomic E-state index is 0.106. The average Bonchev–Trinajstić information content (AvgIpc) is 3.07. The Kier molecular flexibility index (Phi) is 4.30. The summed E-state index contributed by atoms with van der Waals surface area (Å²) in [5.74, 6) is 1.37. The predicted octanol–water partition coefficient (Wildman–Crippen LogP) is 4.06. The number of piperidine rings is 1. The van der Waals surface area contributed by atoms with E-state index in [1.165, 1.54) is 17.5 Å². The van der Waals surface area contributed by atoms with Crippen LogP contribution < -0.4 is 10.1 Å². The average molecular weight is 323 g/mol. The number of methoxy groups -OCH3 is 1. The summed E-state index contributed by atoms with van der Waals surface area (Å²) in [7, 11) is 1.75. The van der Waals surface area contributed by atoms with E-state index >= 15 is 0 Å². The third-order valence-corrected chi connectivity index (χ3v) is 5.53. The van der Waals surface area contributed by atoms with Crippen LogP contribution in [0, 0.1) is 0 Å². The molecular formula is C21H25NO2. The number of benzene rings is 2. The largest absolute Gasteiger partial charge is 0.496 e. The van der Waals surface area contributed by atoms with Crippen molar-refractivity contribution in [1.82, 2.24) is 5.32 Å². The first kappa shape index (κ1) is 15.7. The lowest BCUT2D eigenvalue weighted by atomic mass is 9.77. The Morgan fingerprint density at radius 1 is 1.08 bits per heavy atom.